The number of aromatic nitrogens is 1. The molecule has 0 spiro atoms. The van der Waals surface area contributed by atoms with Crippen LogP contribution in [0.2, 0.25) is 0 Å². The van der Waals surface area contributed by atoms with Gasteiger partial charge in [-0.1, -0.05) is 51.1 Å². The van der Waals surface area contributed by atoms with Crippen molar-refractivity contribution in [1.82, 2.24) is 4.98 Å². The van der Waals surface area contributed by atoms with Crippen molar-refractivity contribution < 1.29 is 45.8 Å². The van der Waals surface area contributed by atoms with Crippen molar-refractivity contribution in [3.63, 3.8) is 0 Å². The quantitative estimate of drug-likeness (QED) is 0.0655. The van der Waals surface area contributed by atoms with Crippen LogP contribution in [0, 0.1) is 0 Å². The molecule has 5 aromatic rings. The number of urea groups is 1. The number of rotatable bonds is 20. The molecule has 0 saturated heterocycles. The Morgan fingerprint density at radius 3 is 2.15 bits per heavy atom. The lowest BCUT2D eigenvalue weighted by molar-refractivity contribution is 0.0285. The zero-order chi connectivity index (χ0) is 42.6. The maximum atomic E-state index is 13.5. The lowest BCUT2D eigenvalue weighted by Crippen LogP contribution is -2.22. The first kappa shape index (κ1) is 44.8. The maximum absolute atomic E-state index is 13.5. The van der Waals surface area contributed by atoms with Crippen LogP contribution in [-0.4, -0.2) is 90.0 Å². The van der Waals surface area contributed by atoms with Crippen molar-refractivity contribution in [2.24, 2.45) is 0 Å². The molecule has 0 aliphatic carbocycles. The van der Waals surface area contributed by atoms with E-state index in [2.05, 4.69) is 20.3 Å². The molecule has 4 aromatic carbocycles. The molecular formula is C43H52N4O10S2. The van der Waals surface area contributed by atoms with Gasteiger partial charge in [-0.05, 0) is 59.0 Å². The van der Waals surface area contributed by atoms with Gasteiger partial charge in [-0.2, -0.15) is 0 Å². The van der Waals surface area contributed by atoms with Crippen LogP contribution in [-0.2, 0) is 46.9 Å². The molecule has 14 nitrogen and oxygen atoms in total. The molecule has 1 aromatic heterocycles. The van der Waals surface area contributed by atoms with Crippen LogP contribution in [0.25, 0.3) is 10.8 Å². The van der Waals surface area contributed by atoms with Crippen molar-refractivity contribution in [3.05, 3.63) is 102 Å². The summed E-state index contributed by atoms with van der Waals surface area (Å²) in [6.07, 6.45) is 3.20. The summed E-state index contributed by atoms with van der Waals surface area (Å²) >= 11 is 0. The number of methoxy groups -OCH3 is 3. The number of fused-ring (bicyclic) bond motifs is 1. The van der Waals surface area contributed by atoms with Crippen LogP contribution in [0.5, 0.6) is 23.0 Å². The monoisotopic (exact) mass is 848 g/mol. The van der Waals surface area contributed by atoms with Crippen LogP contribution in [0.15, 0.2) is 90.0 Å². The normalized spacial score (nSPS) is 12.2. The second kappa shape index (κ2) is 20.6. The summed E-state index contributed by atoms with van der Waals surface area (Å²) in [6.45, 7) is 8.15. The van der Waals surface area contributed by atoms with Gasteiger partial charge in [0.05, 0.1) is 92.0 Å². The molecule has 3 N–H and O–H groups in total. The minimum absolute atomic E-state index is 0.171. The SMILES string of the molecule is COCCOCCOCCS(=O)c1ccc(Cc2cc(Oc3ccc(NC(=O)Nc4cc(C(C)(C)C)cc(NS(C)(=O)=O)c4OC)c4ccccc34)ccn2)cc1OC. The molecule has 2 amide bonds. The Bertz CT molecular complexity index is 2370. The number of pyridine rings is 1. The average Bonchev–Trinajstić information content (AvgIpc) is 3.18. The summed E-state index contributed by atoms with van der Waals surface area (Å²) in [5, 5.41) is 7.26. The highest BCUT2D eigenvalue weighted by Crippen LogP contribution is 2.40. The van der Waals surface area contributed by atoms with Gasteiger partial charge < -0.3 is 39.1 Å². The zero-order valence-electron chi connectivity index (χ0n) is 34.4. The molecule has 316 valence electrons. The number of ether oxygens (including phenoxy) is 6. The van der Waals surface area contributed by atoms with E-state index in [0.29, 0.717) is 78.7 Å². The first-order chi connectivity index (χ1) is 28.2. The summed E-state index contributed by atoms with van der Waals surface area (Å²) in [5.41, 5.74) is 3.11. The first-order valence-electron chi connectivity index (χ1n) is 18.8. The van der Waals surface area contributed by atoms with Crippen molar-refractivity contribution >= 4 is 54.7 Å². The number of anilines is 3. The van der Waals surface area contributed by atoms with E-state index in [1.807, 2.05) is 69.3 Å². The molecule has 0 aliphatic rings. The second-order valence-corrected chi connectivity index (χ2v) is 17.8. The Labute approximate surface area is 348 Å². The van der Waals surface area contributed by atoms with Gasteiger partial charge >= 0.3 is 6.03 Å². The molecule has 0 radical (unpaired) electrons. The number of carbonyl (C=O) groups is 1. The number of nitrogens with one attached hydrogen (secondary N) is 3. The standard InChI is InChI=1S/C43H52N4O10S2/c1-43(2,3)30-26-36(41(54-6)37(27-30)47-59(7,50)51)46-42(48)45-35-13-14-38(34-11-9-8-10-33(34)35)57-32-16-17-44-31(28-32)24-29-12-15-40(39(25-29)53-5)58(49)23-22-56-21-20-55-19-18-52-4/h8-17,25-28,47H,18-24H2,1-7H3,(H2,45,46,48). The maximum Gasteiger partial charge on any atom is 0.323 e. The number of hydrogen-bond donors (Lipinski definition) is 3. The van der Waals surface area contributed by atoms with Crippen molar-refractivity contribution in [2.75, 3.05) is 81.7 Å². The Balaban J connectivity index is 1.27. The molecule has 0 fully saturated rings. The van der Waals surface area contributed by atoms with E-state index in [1.165, 1.54) is 7.11 Å². The number of amides is 2. The molecule has 0 bridgehead atoms. The molecule has 5 rings (SSSR count). The summed E-state index contributed by atoms with van der Waals surface area (Å²) < 4.78 is 73.4. The molecule has 1 atom stereocenters. The van der Waals surface area contributed by atoms with E-state index in [1.54, 1.807) is 50.7 Å². The minimum Gasteiger partial charge on any atom is -0.495 e. The number of carbonyl (C=O) groups excluding carboxylic acids is 1. The minimum atomic E-state index is -3.64. The van der Waals surface area contributed by atoms with E-state index < -0.39 is 26.9 Å². The fourth-order valence-electron chi connectivity index (χ4n) is 6.07. The summed E-state index contributed by atoms with van der Waals surface area (Å²) in [7, 11) is -0.386. The fourth-order valence-corrected chi connectivity index (χ4v) is 7.69. The lowest BCUT2D eigenvalue weighted by atomic mass is 9.86. The number of benzene rings is 4. The molecule has 59 heavy (non-hydrogen) atoms. The molecule has 1 heterocycles. The van der Waals surface area contributed by atoms with E-state index >= 15 is 0 Å². The number of sulfonamides is 1. The van der Waals surface area contributed by atoms with Crippen LogP contribution >= 0.6 is 0 Å². The summed E-state index contributed by atoms with van der Waals surface area (Å²) in [5.74, 6) is 2.15. The third-order valence-electron chi connectivity index (χ3n) is 8.93. The third kappa shape index (κ3) is 12.9. The topological polar surface area (TPSA) is 173 Å². The molecule has 16 heteroatoms. The van der Waals surface area contributed by atoms with Gasteiger partial charge in [0.15, 0.2) is 5.75 Å². The van der Waals surface area contributed by atoms with Crippen molar-refractivity contribution in [2.45, 2.75) is 37.5 Å². The highest BCUT2D eigenvalue weighted by atomic mass is 32.2. The van der Waals surface area contributed by atoms with Gasteiger partial charge in [0.25, 0.3) is 0 Å². The highest BCUT2D eigenvalue weighted by molar-refractivity contribution is 7.92. The highest BCUT2D eigenvalue weighted by Gasteiger charge is 2.23. The number of hydrogen-bond acceptors (Lipinski definition) is 11. The van der Waals surface area contributed by atoms with Gasteiger partial charge in [0.1, 0.15) is 17.2 Å². The van der Waals surface area contributed by atoms with E-state index in [9.17, 15) is 17.4 Å². The largest absolute Gasteiger partial charge is 0.495 e. The molecule has 1 unspecified atom stereocenters. The Morgan fingerprint density at radius 1 is 0.763 bits per heavy atom. The molecule has 0 saturated carbocycles. The summed E-state index contributed by atoms with van der Waals surface area (Å²) in [6, 6.07) is 23.2. The number of nitrogens with zero attached hydrogens (tertiary/aromatic N) is 1. The predicted molar refractivity (Wildman–Crippen MR) is 232 cm³/mol. The lowest BCUT2D eigenvalue weighted by Gasteiger charge is -2.24. The smallest absolute Gasteiger partial charge is 0.323 e. The molecular weight excluding hydrogens is 797 g/mol. The van der Waals surface area contributed by atoms with Crippen LogP contribution in [0.1, 0.15) is 37.6 Å². The van der Waals surface area contributed by atoms with Crippen molar-refractivity contribution in [1.29, 1.82) is 0 Å². The van der Waals surface area contributed by atoms with Gasteiger partial charge in [-0.3, -0.25) is 13.9 Å². The van der Waals surface area contributed by atoms with E-state index in [-0.39, 0.29) is 16.9 Å². The average molecular weight is 849 g/mol. The first-order valence-corrected chi connectivity index (χ1v) is 22.0. The van der Waals surface area contributed by atoms with Gasteiger partial charge in [-0.15, -0.1) is 0 Å². The van der Waals surface area contributed by atoms with Gasteiger partial charge in [0, 0.05) is 42.3 Å². The zero-order valence-corrected chi connectivity index (χ0v) is 36.0. The van der Waals surface area contributed by atoms with E-state index in [0.717, 1.165) is 33.8 Å². The predicted octanol–water partition coefficient (Wildman–Crippen LogP) is 7.74. The van der Waals surface area contributed by atoms with Crippen LogP contribution < -0.4 is 29.6 Å². The van der Waals surface area contributed by atoms with Gasteiger partial charge in [0.2, 0.25) is 10.0 Å². The summed E-state index contributed by atoms with van der Waals surface area (Å²) in [4.78, 5) is 18.7. The van der Waals surface area contributed by atoms with Crippen LogP contribution in [0.3, 0.4) is 0 Å². The molecule has 0 aliphatic heterocycles. The van der Waals surface area contributed by atoms with Crippen LogP contribution in [0.4, 0.5) is 21.9 Å². The van der Waals surface area contributed by atoms with Crippen molar-refractivity contribution in [3.8, 4) is 23.0 Å². The Hall–Kier alpha value is -5.26. The Kier molecular flexibility index (Phi) is 15.7. The third-order valence-corrected chi connectivity index (χ3v) is 10.9. The van der Waals surface area contributed by atoms with Gasteiger partial charge in [-0.25, -0.2) is 13.2 Å². The second-order valence-electron chi connectivity index (χ2n) is 14.5. The fraction of sp³-hybridized carbons (Fsp3) is 0.349. The Morgan fingerprint density at radius 2 is 1.46 bits per heavy atom. The van der Waals surface area contributed by atoms with E-state index in [4.69, 9.17) is 28.4 Å².